The molecule has 3 N–H and O–H groups in total. The van der Waals surface area contributed by atoms with Crippen LogP contribution in [-0.4, -0.2) is 46.0 Å². The summed E-state index contributed by atoms with van der Waals surface area (Å²) in [5.41, 5.74) is 9.06. The molecular weight excluding hydrogens is 393 g/mol. The van der Waals surface area contributed by atoms with Gasteiger partial charge in [0, 0.05) is 18.5 Å². The van der Waals surface area contributed by atoms with Crippen molar-refractivity contribution in [1.82, 2.24) is 20.4 Å². The molecule has 0 atom stereocenters. The third-order valence-electron chi connectivity index (χ3n) is 5.20. The molecule has 1 saturated heterocycles. The lowest BCUT2D eigenvalue weighted by molar-refractivity contribution is 0.0539. The minimum absolute atomic E-state index is 0.0403. The predicted molar refractivity (Wildman–Crippen MR) is 110 cm³/mol. The molecule has 1 fully saturated rings. The summed E-state index contributed by atoms with van der Waals surface area (Å²) >= 11 is 1.20. The number of nitrogens with one attached hydrogen (secondary N) is 1. The number of nitrogen functional groups attached to an aromatic ring is 1. The van der Waals surface area contributed by atoms with Crippen molar-refractivity contribution in [2.75, 3.05) is 18.8 Å². The maximum atomic E-state index is 14.0. The van der Waals surface area contributed by atoms with Gasteiger partial charge in [-0.2, -0.15) is 5.10 Å². The lowest BCUT2D eigenvalue weighted by Crippen LogP contribution is -2.61. The van der Waals surface area contributed by atoms with Crippen LogP contribution in [0.1, 0.15) is 36.9 Å². The van der Waals surface area contributed by atoms with Gasteiger partial charge in [0.15, 0.2) is 0 Å². The van der Waals surface area contributed by atoms with Crippen molar-refractivity contribution in [1.29, 1.82) is 0 Å². The largest absolute Gasteiger partial charge is 0.397 e. The molecule has 1 aliphatic rings. The van der Waals surface area contributed by atoms with Gasteiger partial charge in [0.1, 0.15) is 15.5 Å². The van der Waals surface area contributed by atoms with E-state index in [1.54, 1.807) is 13.0 Å². The first-order valence-corrected chi connectivity index (χ1v) is 9.96. The highest BCUT2D eigenvalue weighted by Gasteiger charge is 2.34. The number of halogens is 1. The van der Waals surface area contributed by atoms with Gasteiger partial charge >= 0.3 is 0 Å². The number of aryl methyl sites for hydroxylation is 3. The van der Waals surface area contributed by atoms with E-state index in [1.807, 2.05) is 13.8 Å². The van der Waals surface area contributed by atoms with E-state index in [4.69, 9.17) is 5.73 Å². The minimum atomic E-state index is -0.535. The highest BCUT2D eigenvalue weighted by Crippen LogP contribution is 2.35. The van der Waals surface area contributed by atoms with Crippen molar-refractivity contribution in [2.24, 2.45) is 0 Å². The average Bonchev–Trinajstić information content (AvgIpc) is 2.97. The molecular formula is C20H20FN5O2S. The number of carbonyl (C=O) groups is 2. The average molecular weight is 413 g/mol. The molecule has 1 aromatic carbocycles. The first-order valence-electron chi connectivity index (χ1n) is 9.14. The van der Waals surface area contributed by atoms with E-state index in [0.717, 1.165) is 22.2 Å². The van der Waals surface area contributed by atoms with Crippen LogP contribution >= 0.6 is 11.3 Å². The number of thiophene rings is 1. The van der Waals surface area contributed by atoms with Gasteiger partial charge in [-0.1, -0.05) is 6.07 Å². The number of fused-ring (bicyclic) bond motifs is 1. The molecule has 0 bridgehead atoms. The zero-order chi connectivity index (χ0) is 20.9. The summed E-state index contributed by atoms with van der Waals surface area (Å²) in [7, 11) is 0. The minimum Gasteiger partial charge on any atom is -0.397 e. The molecule has 1 aliphatic heterocycles. The number of benzene rings is 1. The molecule has 4 rings (SSSR count). The van der Waals surface area contributed by atoms with Crippen LogP contribution in [0.3, 0.4) is 0 Å². The standard InChI is InChI=1S/C20H20FN5O2S/c1-9-4-5-13(14(21)6-9)20(28)26-7-12(8-26)23-18(27)17-16(22)15-10(2)11(3)24-25-19(15)29-17/h4-6,12H,7-8,22H2,1-3H3,(H,23,27). The monoisotopic (exact) mass is 413 g/mol. The number of hydrogen-bond donors (Lipinski definition) is 2. The summed E-state index contributed by atoms with van der Waals surface area (Å²) in [5, 5.41) is 11.8. The second-order valence-corrected chi connectivity index (χ2v) is 8.30. The fourth-order valence-electron chi connectivity index (χ4n) is 3.36. The number of hydrogen-bond acceptors (Lipinski definition) is 6. The Morgan fingerprint density at radius 3 is 2.66 bits per heavy atom. The van der Waals surface area contributed by atoms with Crippen molar-refractivity contribution in [3.05, 3.63) is 51.3 Å². The van der Waals surface area contributed by atoms with Gasteiger partial charge in [0.25, 0.3) is 11.8 Å². The van der Waals surface area contributed by atoms with E-state index in [2.05, 4.69) is 15.5 Å². The fourth-order valence-corrected chi connectivity index (χ4v) is 4.36. The predicted octanol–water partition coefficient (Wildman–Crippen LogP) is 2.59. The number of anilines is 1. The zero-order valence-electron chi connectivity index (χ0n) is 16.2. The van der Waals surface area contributed by atoms with Crippen LogP contribution in [0.25, 0.3) is 10.2 Å². The highest BCUT2D eigenvalue weighted by molar-refractivity contribution is 7.21. The molecule has 29 heavy (non-hydrogen) atoms. The van der Waals surface area contributed by atoms with Crippen LogP contribution in [0.15, 0.2) is 18.2 Å². The van der Waals surface area contributed by atoms with Crippen LogP contribution in [0.2, 0.25) is 0 Å². The van der Waals surface area contributed by atoms with Gasteiger partial charge in [-0.3, -0.25) is 9.59 Å². The number of rotatable bonds is 3. The summed E-state index contributed by atoms with van der Waals surface area (Å²) in [4.78, 5) is 27.6. The molecule has 3 heterocycles. The Balaban J connectivity index is 1.44. The topological polar surface area (TPSA) is 101 Å². The van der Waals surface area contributed by atoms with E-state index in [-0.39, 0.29) is 23.4 Å². The van der Waals surface area contributed by atoms with Gasteiger partial charge in [0.05, 0.1) is 23.0 Å². The molecule has 0 spiro atoms. The Labute approximate surface area is 170 Å². The van der Waals surface area contributed by atoms with Gasteiger partial charge in [0.2, 0.25) is 0 Å². The number of aromatic nitrogens is 2. The molecule has 0 unspecified atom stereocenters. The molecule has 0 aliphatic carbocycles. The second kappa shape index (κ2) is 7.07. The summed E-state index contributed by atoms with van der Waals surface area (Å²) in [5.74, 6) is -1.22. The number of likely N-dealkylation sites (tertiary alicyclic amines) is 1. The summed E-state index contributed by atoms with van der Waals surface area (Å²) < 4.78 is 14.0. The van der Waals surface area contributed by atoms with Crippen molar-refractivity contribution >= 4 is 39.1 Å². The van der Waals surface area contributed by atoms with Gasteiger partial charge < -0.3 is 16.0 Å². The first kappa shape index (κ1) is 19.3. The van der Waals surface area contributed by atoms with E-state index < -0.39 is 5.82 Å². The van der Waals surface area contributed by atoms with E-state index >= 15 is 0 Å². The molecule has 2 aromatic heterocycles. The molecule has 0 radical (unpaired) electrons. The summed E-state index contributed by atoms with van der Waals surface area (Å²) in [6, 6.07) is 4.32. The van der Waals surface area contributed by atoms with Crippen LogP contribution < -0.4 is 11.1 Å². The van der Waals surface area contributed by atoms with Crippen LogP contribution in [0, 0.1) is 26.6 Å². The third-order valence-corrected chi connectivity index (χ3v) is 6.29. The Morgan fingerprint density at radius 1 is 1.24 bits per heavy atom. The van der Waals surface area contributed by atoms with E-state index in [0.29, 0.717) is 28.5 Å². The maximum absolute atomic E-state index is 14.0. The smallest absolute Gasteiger partial charge is 0.263 e. The number of nitrogens with zero attached hydrogens (tertiary/aromatic N) is 3. The van der Waals surface area contributed by atoms with Gasteiger partial charge in [-0.25, -0.2) is 4.39 Å². The van der Waals surface area contributed by atoms with E-state index in [9.17, 15) is 14.0 Å². The Kier molecular flexibility index (Phi) is 4.70. The number of nitrogens with two attached hydrogens (primary N) is 1. The lowest BCUT2D eigenvalue weighted by Gasteiger charge is -2.39. The zero-order valence-corrected chi connectivity index (χ0v) is 17.1. The quantitative estimate of drug-likeness (QED) is 0.687. The second-order valence-electron chi connectivity index (χ2n) is 7.30. The van der Waals surface area contributed by atoms with Crippen molar-refractivity contribution < 1.29 is 14.0 Å². The van der Waals surface area contributed by atoms with Crippen LogP contribution in [0.5, 0.6) is 0 Å². The Hall–Kier alpha value is -3.07. The normalized spacial score (nSPS) is 14.1. The molecule has 150 valence electrons. The number of carbonyl (C=O) groups excluding carboxylic acids is 2. The summed E-state index contributed by atoms with van der Waals surface area (Å²) in [6.45, 7) is 6.15. The Morgan fingerprint density at radius 2 is 1.97 bits per heavy atom. The molecule has 0 saturated carbocycles. The maximum Gasteiger partial charge on any atom is 0.263 e. The van der Waals surface area contributed by atoms with Crippen molar-refractivity contribution in [3.63, 3.8) is 0 Å². The van der Waals surface area contributed by atoms with Crippen LogP contribution in [0.4, 0.5) is 10.1 Å². The third kappa shape index (κ3) is 3.31. The van der Waals surface area contributed by atoms with Gasteiger partial charge in [-0.05, 0) is 44.0 Å². The van der Waals surface area contributed by atoms with Gasteiger partial charge in [-0.15, -0.1) is 16.4 Å². The highest BCUT2D eigenvalue weighted by atomic mass is 32.1. The van der Waals surface area contributed by atoms with Crippen molar-refractivity contribution in [2.45, 2.75) is 26.8 Å². The number of amides is 2. The van der Waals surface area contributed by atoms with E-state index in [1.165, 1.54) is 28.4 Å². The SMILES string of the molecule is Cc1ccc(C(=O)N2CC(NC(=O)c3sc4nnc(C)c(C)c4c3N)C2)c(F)c1. The fraction of sp³-hybridized carbons (Fsp3) is 0.300. The molecule has 9 heteroatoms. The summed E-state index contributed by atoms with van der Waals surface area (Å²) in [6.07, 6.45) is 0. The lowest BCUT2D eigenvalue weighted by atomic mass is 10.0. The Bertz CT molecular complexity index is 1150. The molecule has 7 nitrogen and oxygen atoms in total. The van der Waals surface area contributed by atoms with Crippen molar-refractivity contribution in [3.8, 4) is 0 Å². The first-order chi connectivity index (χ1) is 13.8. The van der Waals surface area contributed by atoms with Crippen LogP contribution in [-0.2, 0) is 0 Å². The molecule has 2 amide bonds. The molecule has 3 aromatic rings.